The molecule has 0 aliphatic heterocycles. The van der Waals surface area contributed by atoms with E-state index in [2.05, 4.69) is 33.0 Å². The predicted molar refractivity (Wildman–Crippen MR) is 65.9 cm³/mol. The van der Waals surface area contributed by atoms with Crippen molar-refractivity contribution < 1.29 is 4.74 Å². The van der Waals surface area contributed by atoms with Crippen LogP contribution in [0.4, 0.5) is 0 Å². The van der Waals surface area contributed by atoms with Crippen LogP contribution in [-0.4, -0.2) is 32.8 Å². The smallest absolute Gasteiger partial charge is 0.0618 e. The molecule has 0 spiro atoms. The van der Waals surface area contributed by atoms with Crippen LogP contribution in [0.25, 0.3) is 0 Å². The molecule has 0 fully saturated rings. The van der Waals surface area contributed by atoms with E-state index in [1.54, 1.807) is 7.11 Å². The number of hydrogen-bond donors (Lipinski definition) is 2. The first kappa shape index (κ1) is 14.9. The van der Waals surface area contributed by atoms with Crippen molar-refractivity contribution in [2.45, 2.75) is 33.7 Å². The second kappa shape index (κ2) is 8.08. The van der Waals surface area contributed by atoms with Gasteiger partial charge in [0.15, 0.2) is 0 Å². The molecular formula is C12H28N2O. The summed E-state index contributed by atoms with van der Waals surface area (Å²) in [7, 11) is 1.75. The molecule has 0 amide bonds. The predicted octanol–water partition coefficient (Wildman–Crippen LogP) is 1.48. The maximum atomic E-state index is 5.74. The standard InChI is InChI=1S/C12H28N2O/c1-9(2)11(6-13)7-14-12(8-15-5)10(3)4/h9-12,14H,6-8,13H2,1-5H3. The number of hydrogen-bond acceptors (Lipinski definition) is 3. The molecule has 3 N–H and O–H groups in total. The lowest BCUT2D eigenvalue weighted by Gasteiger charge is -2.26. The van der Waals surface area contributed by atoms with Crippen LogP contribution < -0.4 is 11.1 Å². The van der Waals surface area contributed by atoms with Crippen molar-refractivity contribution in [2.24, 2.45) is 23.5 Å². The summed E-state index contributed by atoms with van der Waals surface area (Å²) in [5, 5.41) is 3.55. The summed E-state index contributed by atoms with van der Waals surface area (Å²) < 4.78 is 5.20. The molecule has 0 heterocycles. The van der Waals surface area contributed by atoms with Gasteiger partial charge in [-0.15, -0.1) is 0 Å². The Morgan fingerprint density at radius 1 is 1.13 bits per heavy atom. The lowest BCUT2D eigenvalue weighted by atomic mass is 9.95. The normalized spacial score (nSPS) is 16.0. The Morgan fingerprint density at radius 2 is 1.73 bits per heavy atom. The first-order chi connectivity index (χ1) is 7.02. The molecule has 0 aliphatic rings. The van der Waals surface area contributed by atoms with Crippen LogP contribution >= 0.6 is 0 Å². The molecule has 0 radical (unpaired) electrons. The third kappa shape index (κ3) is 6.13. The Labute approximate surface area is 94.8 Å². The van der Waals surface area contributed by atoms with E-state index in [4.69, 9.17) is 10.5 Å². The van der Waals surface area contributed by atoms with E-state index >= 15 is 0 Å². The zero-order chi connectivity index (χ0) is 11.8. The quantitative estimate of drug-likeness (QED) is 0.646. The first-order valence-electron chi connectivity index (χ1n) is 5.95. The van der Waals surface area contributed by atoms with Crippen molar-refractivity contribution in [3.63, 3.8) is 0 Å². The monoisotopic (exact) mass is 216 g/mol. The van der Waals surface area contributed by atoms with E-state index in [1.807, 2.05) is 0 Å². The van der Waals surface area contributed by atoms with Crippen LogP contribution in [0.5, 0.6) is 0 Å². The molecular weight excluding hydrogens is 188 g/mol. The molecule has 3 heteroatoms. The van der Waals surface area contributed by atoms with E-state index in [1.165, 1.54) is 0 Å². The number of ether oxygens (including phenoxy) is 1. The van der Waals surface area contributed by atoms with Crippen LogP contribution in [0.1, 0.15) is 27.7 Å². The molecule has 0 rings (SSSR count). The number of nitrogens with one attached hydrogen (secondary N) is 1. The highest BCUT2D eigenvalue weighted by Gasteiger charge is 2.16. The van der Waals surface area contributed by atoms with Crippen molar-refractivity contribution in [3.8, 4) is 0 Å². The van der Waals surface area contributed by atoms with Gasteiger partial charge in [-0.2, -0.15) is 0 Å². The van der Waals surface area contributed by atoms with Crippen molar-refractivity contribution in [3.05, 3.63) is 0 Å². The maximum absolute atomic E-state index is 5.74. The molecule has 0 aromatic heterocycles. The first-order valence-corrected chi connectivity index (χ1v) is 5.95. The minimum Gasteiger partial charge on any atom is -0.383 e. The lowest BCUT2D eigenvalue weighted by Crippen LogP contribution is -2.42. The van der Waals surface area contributed by atoms with Crippen molar-refractivity contribution >= 4 is 0 Å². The Balaban J connectivity index is 3.96. The Kier molecular flexibility index (Phi) is 8.02. The molecule has 0 saturated heterocycles. The summed E-state index contributed by atoms with van der Waals surface area (Å²) >= 11 is 0. The van der Waals surface area contributed by atoms with Crippen LogP contribution in [0, 0.1) is 17.8 Å². The Bertz CT molecular complexity index is 149. The minimum atomic E-state index is 0.433. The fraction of sp³-hybridized carbons (Fsp3) is 1.00. The van der Waals surface area contributed by atoms with Crippen LogP contribution in [0.15, 0.2) is 0 Å². The molecule has 0 aromatic carbocycles. The second-order valence-electron chi connectivity index (χ2n) is 4.95. The van der Waals surface area contributed by atoms with Crippen LogP contribution in [0.2, 0.25) is 0 Å². The molecule has 2 unspecified atom stereocenters. The molecule has 92 valence electrons. The average Bonchev–Trinajstić information content (AvgIpc) is 2.16. The maximum Gasteiger partial charge on any atom is 0.0618 e. The summed E-state index contributed by atoms with van der Waals surface area (Å²) in [6.45, 7) is 11.4. The number of nitrogens with two attached hydrogens (primary N) is 1. The third-order valence-corrected chi connectivity index (χ3v) is 3.04. The van der Waals surface area contributed by atoms with E-state index in [9.17, 15) is 0 Å². The van der Waals surface area contributed by atoms with Gasteiger partial charge in [0.05, 0.1) is 6.61 Å². The van der Waals surface area contributed by atoms with Gasteiger partial charge < -0.3 is 15.8 Å². The Hall–Kier alpha value is -0.120. The van der Waals surface area contributed by atoms with Gasteiger partial charge in [-0.25, -0.2) is 0 Å². The fourth-order valence-electron chi connectivity index (χ4n) is 1.56. The van der Waals surface area contributed by atoms with E-state index in [0.29, 0.717) is 23.8 Å². The Morgan fingerprint density at radius 3 is 2.07 bits per heavy atom. The van der Waals surface area contributed by atoms with Gasteiger partial charge in [0.25, 0.3) is 0 Å². The minimum absolute atomic E-state index is 0.433. The van der Waals surface area contributed by atoms with Crippen molar-refractivity contribution in [2.75, 3.05) is 26.8 Å². The van der Waals surface area contributed by atoms with Gasteiger partial charge in [-0.1, -0.05) is 27.7 Å². The van der Waals surface area contributed by atoms with Gasteiger partial charge in [0, 0.05) is 13.2 Å². The second-order valence-corrected chi connectivity index (χ2v) is 4.95. The summed E-state index contributed by atoms with van der Waals surface area (Å²) in [6.07, 6.45) is 0. The topological polar surface area (TPSA) is 47.3 Å². The lowest BCUT2D eigenvalue weighted by molar-refractivity contribution is 0.142. The van der Waals surface area contributed by atoms with Crippen LogP contribution in [0.3, 0.4) is 0 Å². The largest absolute Gasteiger partial charge is 0.383 e. The van der Waals surface area contributed by atoms with Gasteiger partial charge >= 0.3 is 0 Å². The summed E-state index contributed by atoms with van der Waals surface area (Å²) in [6, 6.07) is 0.433. The fourth-order valence-corrected chi connectivity index (χ4v) is 1.56. The zero-order valence-corrected chi connectivity index (χ0v) is 10.9. The van der Waals surface area contributed by atoms with Crippen molar-refractivity contribution in [1.82, 2.24) is 5.32 Å². The average molecular weight is 216 g/mol. The highest BCUT2D eigenvalue weighted by atomic mass is 16.5. The summed E-state index contributed by atoms with van der Waals surface area (Å²) in [5.41, 5.74) is 5.74. The van der Waals surface area contributed by atoms with Crippen molar-refractivity contribution in [1.29, 1.82) is 0 Å². The molecule has 0 saturated carbocycles. The van der Waals surface area contributed by atoms with Gasteiger partial charge in [-0.05, 0) is 30.8 Å². The van der Waals surface area contributed by atoms with E-state index in [0.717, 1.165) is 19.7 Å². The SMILES string of the molecule is COCC(NCC(CN)C(C)C)C(C)C. The zero-order valence-electron chi connectivity index (χ0n) is 10.9. The van der Waals surface area contributed by atoms with Crippen LogP contribution in [-0.2, 0) is 4.74 Å². The molecule has 3 nitrogen and oxygen atoms in total. The number of methoxy groups -OCH3 is 1. The highest BCUT2D eigenvalue weighted by Crippen LogP contribution is 2.09. The van der Waals surface area contributed by atoms with Gasteiger partial charge in [-0.3, -0.25) is 0 Å². The molecule has 15 heavy (non-hydrogen) atoms. The molecule has 2 atom stereocenters. The van der Waals surface area contributed by atoms with E-state index < -0.39 is 0 Å². The van der Waals surface area contributed by atoms with E-state index in [-0.39, 0.29) is 0 Å². The molecule has 0 aromatic rings. The van der Waals surface area contributed by atoms with Gasteiger partial charge in [0.2, 0.25) is 0 Å². The summed E-state index contributed by atoms with van der Waals surface area (Å²) in [4.78, 5) is 0. The third-order valence-electron chi connectivity index (χ3n) is 3.04. The molecule has 0 aliphatic carbocycles. The highest BCUT2D eigenvalue weighted by molar-refractivity contribution is 4.74. The summed E-state index contributed by atoms with van der Waals surface area (Å²) in [5.74, 6) is 1.79. The molecule has 0 bridgehead atoms. The number of rotatable bonds is 8. The van der Waals surface area contributed by atoms with Gasteiger partial charge in [0.1, 0.15) is 0 Å².